The molecule has 3 aromatic rings. The molecule has 1 aromatic heterocycles. The van der Waals surface area contributed by atoms with Crippen molar-refractivity contribution in [3.63, 3.8) is 0 Å². The molecule has 2 nitrogen and oxygen atoms in total. The molecule has 0 unspecified atom stereocenters. The molecule has 0 spiro atoms. The zero-order chi connectivity index (χ0) is 14.3. The number of fused-ring (bicyclic) bond motifs is 2. The minimum atomic E-state index is -1.66. The van der Waals surface area contributed by atoms with E-state index in [0.29, 0.717) is 0 Å². The Labute approximate surface area is 122 Å². The Morgan fingerprint density at radius 2 is 1.65 bits per heavy atom. The largest absolute Gasteiger partial charge is 0.544 e. The molecule has 0 aliphatic carbocycles. The summed E-state index contributed by atoms with van der Waals surface area (Å²) < 4.78 is 8.02. The highest BCUT2D eigenvalue weighted by Gasteiger charge is 2.16. The van der Waals surface area contributed by atoms with Crippen LogP contribution in [0, 0.1) is 0 Å². The second-order valence-corrected chi connectivity index (χ2v) is 11.3. The quantitative estimate of drug-likeness (QED) is 0.509. The van der Waals surface area contributed by atoms with Crippen LogP contribution in [0.5, 0.6) is 5.75 Å². The molecule has 0 saturated heterocycles. The smallest absolute Gasteiger partial charge is 0.242 e. The highest BCUT2D eigenvalue weighted by molar-refractivity contribution is 7.24. The summed E-state index contributed by atoms with van der Waals surface area (Å²) in [6, 6.07) is 13.6. The molecule has 102 valence electrons. The van der Waals surface area contributed by atoms with Gasteiger partial charge in [-0.2, -0.15) is 0 Å². The average molecular weight is 300 g/mol. The van der Waals surface area contributed by atoms with Crippen LogP contribution in [0.4, 0.5) is 0 Å². The average Bonchev–Trinajstić information content (AvgIpc) is 2.38. The van der Waals surface area contributed by atoms with Crippen molar-refractivity contribution in [3.05, 3.63) is 52.7 Å². The van der Waals surface area contributed by atoms with E-state index in [9.17, 15) is 4.79 Å². The molecule has 0 bridgehead atoms. The molecule has 0 atom stereocenters. The van der Waals surface area contributed by atoms with Crippen LogP contribution in [0.3, 0.4) is 0 Å². The van der Waals surface area contributed by atoms with Gasteiger partial charge in [0, 0.05) is 20.2 Å². The Hall–Kier alpha value is -1.65. The van der Waals surface area contributed by atoms with Crippen molar-refractivity contribution in [3.8, 4) is 5.75 Å². The van der Waals surface area contributed by atoms with Crippen LogP contribution in [0.25, 0.3) is 20.2 Å². The summed E-state index contributed by atoms with van der Waals surface area (Å²) in [4.78, 5) is 12.6. The third kappa shape index (κ3) is 2.49. The Bertz CT molecular complexity index is 846. The summed E-state index contributed by atoms with van der Waals surface area (Å²) in [6.07, 6.45) is 0. The van der Waals surface area contributed by atoms with Gasteiger partial charge in [0.1, 0.15) is 5.75 Å². The normalized spacial score (nSPS) is 11.9. The SMILES string of the molecule is C[Si](C)(C)Oc1ccc2sc3ccccc3c(=O)c2c1. The first-order chi connectivity index (χ1) is 9.44. The van der Waals surface area contributed by atoms with E-state index in [4.69, 9.17) is 4.43 Å². The van der Waals surface area contributed by atoms with E-state index in [2.05, 4.69) is 19.6 Å². The fourth-order valence-electron chi connectivity index (χ4n) is 2.20. The number of hydrogen-bond acceptors (Lipinski definition) is 3. The molecule has 20 heavy (non-hydrogen) atoms. The lowest BCUT2D eigenvalue weighted by Gasteiger charge is -2.19. The highest BCUT2D eigenvalue weighted by Crippen LogP contribution is 2.28. The van der Waals surface area contributed by atoms with Gasteiger partial charge < -0.3 is 4.43 Å². The molecule has 0 amide bonds. The van der Waals surface area contributed by atoms with Gasteiger partial charge in [0.25, 0.3) is 0 Å². The standard InChI is InChI=1S/C16H16O2SSi/c1-20(2,3)18-11-8-9-15-13(10-11)16(17)12-6-4-5-7-14(12)19-15/h4-10H,1-3H3. The van der Waals surface area contributed by atoms with E-state index in [0.717, 1.165) is 25.9 Å². The Balaban J connectivity index is 2.26. The van der Waals surface area contributed by atoms with Gasteiger partial charge in [-0.3, -0.25) is 4.79 Å². The van der Waals surface area contributed by atoms with Crippen LogP contribution in [-0.2, 0) is 0 Å². The van der Waals surface area contributed by atoms with E-state index in [1.807, 2.05) is 42.5 Å². The second-order valence-electron chi connectivity index (χ2n) is 5.80. The lowest BCUT2D eigenvalue weighted by Crippen LogP contribution is -2.29. The number of rotatable bonds is 2. The van der Waals surface area contributed by atoms with E-state index < -0.39 is 8.32 Å². The summed E-state index contributed by atoms with van der Waals surface area (Å²) >= 11 is 1.65. The van der Waals surface area contributed by atoms with E-state index in [1.165, 1.54) is 0 Å². The van der Waals surface area contributed by atoms with Crippen molar-refractivity contribution < 1.29 is 4.43 Å². The molecule has 0 aliphatic rings. The minimum Gasteiger partial charge on any atom is -0.544 e. The highest BCUT2D eigenvalue weighted by atomic mass is 32.1. The van der Waals surface area contributed by atoms with Gasteiger partial charge in [-0.05, 0) is 50.0 Å². The molecule has 0 radical (unpaired) electrons. The molecular formula is C16H16O2SSi. The van der Waals surface area contributed by atoms with Gasteiger partial charge in [-0.15, -0.1) is 11.3 Å². The first-order valence-corrected chi connectivity index (χ1v) is 10.8. The summed E-state index contributed by atoms with van der Waals surface area (Å²) in [7, 11) is -1.66. The predicted molar refractivity (Wildman–Crippen MR) is 89.6 cm³/mol. The minimum absolute atomic E-state index is 0.0929. The summed E-state index contributed by atoms with van der Waals surface area (Å²) in [5.41, 5.74) is 0.0929. The van der Waals surface area contributed by atoms with Crippen LogP contribution >= 0.6 is 11.3 Å². The van der Waals surface area contributed by atoms with Crippen molar-refractivity contribution in [2.75, 3.05) is 0 Å². The fraction of sp³-hybridized carbons (Fsp3) is 0.188. The molecule has 4 heteroatoms. The van der Waals surface area contributed by atoms with Crippen molar-refractivity contribution in [2.24, 2.45) is 0 Å². The molecule has 0 N–H and O–H groups in total. The molecule has 1 heterocycles. The zero-order valence-electron chi connectivity index (χ0n) is 11.8. The van der Waals surface area contributed by atoms with Gasteiger partial charge >= 0.3 is 0 Å². The van der Waals surface area contributed by atoms with Crippen LogP contribution in [0.15, 0.2) is 47.3 Å². The monoisotopic (exact) mass is 300 g/mol. The molecule has 0 saturated carbocycles. The lowest BCUT2D eigenvalue weighted by atomic mass is 10.2. The second kappa shape index (κ2) is 4.72. The molecule has 2 aromatic carbocycles. The first kappa shape index (κ1) is 13.3. The van der Waals surface area contributed by atoms with E-state index in [-0.39, 0.29) is 5.43 Å². The van der Waals surface area contributed by atoms with Gasteiger partial charge in [0.05, 0.1) is 0 Å². The predicted octanol–water partition coefficient (Wildman–Crippen LogP) is 4.63. The molecular weight excluding hydrogens is 284 g/mol. The topological polar surface area (TPSA) is 26.3 Å². The maximum absolute atomic E-state index is 12.6. The summed E-state index contributed by atoms with van der Waals surface area (Å²) in [6.45, 7) is 6.41. The van der Waals surface area contributed by atoms with E-state index >= 15 is 0 Å². The van der Waals surface area contributed by atoms with Crippen LogP contribution in [0.2, 0.25) is 19.6 Å². The summed E-state index contributed by atoms with van der Waals surface area (Å²) in [5, 5.41) is 1.54. The third-order valence-corrected chi connectivity index (χ3v) is 4.97. The number of hydrogen-bond donors (Lipinski definition) is 0. The molecule has 3 rings (SSSR count). The molecule has 0 aliphatic heterocycles. The Morgan fingerprint density at radius 3 is 2.40 bits per heavy atom. The van der Waals surface area contributed by atoms with Crippen molar-refractivity contribution >= 4 is 39.8 Å². The maximum atomic E-state index is 12.6. The van der Waals surface area contributed by atoms with Gasteiger partial charge in [-0.1, -0.05) is 12.1 Å². The first-order valence-electron chi connectivity index (χ1n) is 6.59. The van der Waals surface area contributed by atoms with Gasteiger partial charge in [-0.25, -0.2) is 0 Å². The fourth-order valence-corrected chi connectivity index (χ4v) is 4.09. The summed E-state index contributed by atoms with van der Waals surface area (Å²) in [5.74, 6) is 0.802. The van der Waals surface area contributed by atoms with Crippen LogP contribution in [0.1, 0.15) is 0 Å². The third-order valence-electron chi connectivity index (χ3n) is 2.97. The van der Waals surface area contributed by atoms with Crippen molar-refractivity contribution in [1.29, 1.82) is 0 Å². The van der Waals surface area contributed by atoms with E-state index in [1.54, 1.807) is 11.3 Å². The van der Waals surface area contributed by atoms with Crippen molar-refractivity contribution in [2.45, 2.75) is 19.6 Å². The maximum Gasteiger partial charge on any atom is 0.242 e. The Kier molecular flexibility index (Phi) is 3.15. The number of benzene rings is 2. The van der Waals surface area contributed by atoms with Crippen LogP contribution < -0.4 is 9.85 Å². The van der Waals surface area contributed by atoms with Gasteiger partial charge in [0.2, 0.25) is 8.32 Å². The molecule has 0 fully saturated rings. The van der Waals surface area contributed by atoms with Crippen LogP contribution in [-0.4, -0.2) is 8.32 Å². The lowest BCUT2D eigenvalue weighted by molar-refractivity contribution is 0.558. The zero-order valence-corrected chi connectivity index (χ0v) is 13.6. The Morgan fingerprint density at radius 1 is 0.950 bits per heavy atom. The van der Waals surface area contributed by atoms with Gasteiger partial charge in [0.15, 0.2) is 5.43 Å². The van der Waals surface area contributed by atoms with Crippen molar-refractivity contribution in [1.82, 2.24) is 0 Å².